The Kier molecular flexibility index (Phi) is 5.79. The van der Waals surface area contributed by atoms with E-state index in [1.165, 1.54) is 18.2 Å². The molecule has 0 unspecified atom stereocenters. The standard InChI is InChI=1S/C12H15FN2O3/c13-10-4-1-3-9(7-10)12(18)15-8-11(17)14-5-2-6-16/h1,3-4,7,16H,2,5-6,8H2,(H,14,17)(H,15,18). The first-order valence-corrected chi connectivity index (χ1v) is 5.55. The molecule has 0 saturated carbocycles. The number of aliphatic hydroxyl groups is 1. The Bertz CT molecular complexity index is 424. The lowest BCUT2D eigenvalue weighted by atomic mass is 10.2. The summed E-state index contributed by atoms with van der Waals surface area (Å²) in [6.07, 6.45) is 0.462. The van der Waals surface area contributed by atoms with Gasteiger partial charge in [0, 0.05) is 18.7 Å². The fourth-order valence-electron chi connectivity index (χ4n) is 1.26. The summed E-state index contributed by atoms with van der Waals surface area (Å²) in [5.41, 5.74) is 0.165. The number of aliphatic hydroxyl groups excluding tert-OH is 1. The van der Waals surface area contributed by atoms with Gasteiger partial charge in [-0.15, -0.1) is 0 Å². The van der Waals surface area contributed by atoms with E-state index in [1.807, 2.05) is 0 Å². The molecule has 5 nitrogen and oxygen atoms in total. The van der Waals surface area contributed by atoms with Crippen LogP contribution in [0.3, 0.4) is 0 Å². The van der Waals surface area contributed by atoms with Gasteiger partial charge in [0.2, 0.25) is 5.91 Å². The molecule has 1 rings (SSSR count). The van der Waals surface area contributed by atoms with Gasteiger partial charge >= 0.3 is 0 Å². The Hall–Kier alpha value is -1.95. The van der Waals surface area contributed by atoms with Crippen molar-refractivity contribution >= 4 is 11.8 Å². The van der Waals surface area contributed by atoms with Crippen LogP contribution in [0.5, 0.6) is 0 Å². The Morgan fingerprint density at radius 2 is 2.06 bits per heavy atom. The molecule has 6 heteroatoms. The van der Waals surface area contributed by atoms with E-state index < -0.39 is 11.7 Å². The zero-order chi connectivity index (χ0) is 13.4. The van der Waals surface area contributed by atoms with Crippen molar-refractivity contribution in [2.75, 3.05) is 19.7 Å². The first kappa shape index (κ1) is 14.1. The van der Waals surface area contributed by atoms with Crippen molar-refractivity contribution in [3.8, 4) is 0 Å². The monoisotopic (exact) mass is 254 g/mol. The minimum Gasteiger partial charge on any atom is -0.396 e. The van der Waals surface area contributed by atoms with Crippen molar-refractivity contribution < 1.29 is 19.1 Å². The van der Waals surface area contributed by atoms with Crippen LogP contribution in [0.25, 0.3) is 0 Å². The highest BCUT2D eigenvalue weighted by atomic mass is 19.1. The predicted molar refractivity (Wildman–Crippen MR) is 63.4 cm³/mol. The molecule has 98 valence electrons. The van der Waals surface area contributed by atoms with Gasteiger partial charge in [-0.2, -0.15) is 0 Å². The zero-order valence-corrected chi connectivity index (χ0v) is 9.78. The van der Waals surface area contributed by atoms with Gasteiger partial charge < -0.3 is 15.7 Å². The summed E-state index contributed by atoms with van der Waals surface area (Å²) in [7, 11) is 0. The highest BCUT2D eigenvalue weighted by Gasteiger charge is 2.08. The second-order valence-electron chi connectivity index (χ2n) is 3.62. The lowest BCUT2D eigenvalue weighted by molar-refractivity contribution is -0.120. The molecule has 0 heterocycles. The smallest absolute Gasteiger partial charge is 0.251 e. The number of amides is 2. The van der Waals surface area contributed by atoms with E-state index in [2.05, 4.69) is 10.6 Å². The van der Waals surface area contributed by atoms with Gasteiger partial charge in [0.15, 0.2) is 0 Å². The van der Waals surface area contributed by atoms with Crippen LogP contribution >= 0.6 is 0 Å². The maximum Gasteiger partial charge on any atom is 0.251 e. The van der Waals surface area contributed by atoms with E-state index in [1.54, 1.807) is 0 Å². The molecule has 0 atom stereocenters. The highest BCUT2D eigenvalue weighted by molar-refractivity contribution is 5.96. The van der Waals surface area contributed by atoms with Gasteiger partial charge in [0.1, 0.15) is 5.82 Å². The van der Waals surface area contributed by atoms with E-state index in [9.17, 15) is 14.0 Å². The maximum absolute atomic E-state index is 12.8. The van der Waals surface area contributed by atoms with Crippen molar-refractivity contribution in [2.24, 2.45) is 0 Å². The Morgan fingerprint density at radius 3 is 2.72 bits per heavy atom. The molecule has 2 amide bonds. The third-order valence-corrected chi connectivity index (χ3v) is 2.15. The van der Waals surface area contributed by atoms with Crippen LogP contribution in [0.1, 0.15) is 16.8 Å². The summed E-state index contributed by atoms with van der Waals surface area (Å²) in [4.78, 5) is 22.8. The second-order valence-corrected chi connectivity index (χ2v) is 3.62. The van der Waals surface area contributed by atoms with Crippen LogP contribution in [0.4, 0.5) is 4.39 Å². The molecule has 0 aromatic heterocycles. The van der Waals surface area contributed by atoms with Gasteiger partial charge in [-0.1, -0.05) is 6.07 Å². The summed E-state index contributed by atoms with van der Waals surface area (Å²) in [5, 5.41) is 13.4. The molecule has 0 spiro atoms. The molecule has 0 aliphatic carbocycles. The normalized spacial score (nSPS) is 9.89. The second kappa shape index (κ2) is 7.39. The van der Waals surface area contributed by atoms with Crippen LogP contribution in [0.2, 0.25) is 0 Å². The number of rotatable bonds is 6. The van der Waals surface area contributed by atoms with Crippen LogP contribution in [-0.2, 0) is 4.79 Å². The fourth-order valence-corrected chi connectivity index (χ4v) is 1.26. The molecule has 0 aliphatic rings. The summed E-state index contributed by atoms with van der Waals surface area (Å²) in [5.74, 6) is -1.37. The van der Waals surface area contributed by atoms with E-state index >= 15 is 0 Å². The number of hydrogen-bond acceptors (Lipinski definition) is 3. The lowest BCUT2D eigenvalue weighted by Crippen LogP contribution is -2.37. The molecule has 0 bridgehead atoms. The summed E-state index contributed by atoms with van der Waals surface area (Å²) in [6.45, 7) is 0.169. The van der Waals surface area contributed by atoms with Crippen LogP contribution in [0, 0.1) is 5.82 Å². The fraction of sp³-hybridized carbons (Fsp3) is 0.333. The van der Waals surface area contributed by atoms with E-state index in [0.717, 1.165) is 6.07 Å². The molecular formula is C12H15FN2O3. The number of nitrogens with one attached hydrogen (secondary N) is 2. The highest BCUT2D eigenvalue weighted by Crippen LogP contribution is 2.02. The largest absolute Gasteiger partial charge is 0.396 e. The van der Waals surface area contributed by atoms with Gasteiger partial charge in [0.05, 0.1) is 6.54 Å². The van der Waals surface area contributed by atoms with Crippen molar-refractivity contribution in [3.63, 3.8) is 0 Å². The quantitative estimate of drug-likeness (QED) is 0.628. The first-order valence-electron chi connectivity index (χ1n) is 5.55. The molecular weight excluding hydrogens is 239 g/mol. The van der Waals surface area contributed by atoms with Crippen LogP contribution < -0.4 is 10.6 Å². The first-order chi connectivity index (χ1) is 8.63. The number of carbonyl (C=O) groups is 2. The lowest BCUT2D eigenvalue weighted by Gasteiger charge is -2.06. The van der Waals surface area contributed by atoms with Crippen molar-refractivity contribution in [1.29, 1.82) is 0 Å². The minimum atomic E-state index is -0.508. The minimum absolute atomic E-state index is 0.00404. The summed E-state index contributed by atoms with van der Waals surface area (Å²) < 4.78 is 12.8. The number of halogens is 1. The average molecular weight is 254 g/mol. The van der Waals surface area contributed by atoms with Gasteiger partial charge in [-0.05, 0) is 24.6 Å². The Balaban J connectivity index is 2.35. The SMILES string of the molecule is O=C(CNC(=O)c1cccc(F)c1)NCCCO. The molecule has 0 saturated heterocycles. The van der Waals surface area contributed by atoms with Crippen molar-refractivity contribution in [2.45, 2.75) is 6.42 Å². The molecule has 18 heavy (non-hydrogen) atoms. The Labute approximate surface area is 104 Å². The topological polar surface area (TPSA) is 78.4 Å². The molecule has 0 fully saturated rings. The molecule has 1 aromatic rings. The van der Waals surface area contributed by atoms with E-state index in [0.29, 0.717) is 13.0 Å². The number of hydrogen-bond donors (Lipinski definition) is 3. The zero-order valence-electron chi connectivity index (χ0n) is 9.78. The molecule has 0 aliphatic heterocycles. The van der Waals surface area contributed by atoms with E-state index in [-0.39, 0.29) is 24.6 Å². The van der Waals surface area contributed by atoms with Gasteiger partial charge in [-0.3, -0.25) is 9.59 Å². The van der Waals surface area contributed by atoms with E-state index in [4.69, 9.17) is 5.11 Å². The molecule has 1 aromatic carbocycles. The van der Waals surface area contributed by atoms with Crippen molar-refractivity contribution in [1.82, 2.24) is 10.6 Å². The van der Waals surface area contributed by atoms with Gasteiger partial charge in [-0.25, -0.2) is 4.39 Å². The Morgan fingerprint density at radius 1 is 1.28 bits per heavy atom. The summed E-state index contributed by atoms with van der Waals surface area (Å²) >= 11 is 0. The van der Waals surface area contributed by atoms with Gasteiger partial charge in [0.25, 0.3) is 5.91 Å². The summed E-state index contributed by atoms with van der Waals surface area (Å²) in [6, 6.07) is 5.21. The maximum atomic E-state index is 12.8. The third kappa shape index (κ3) is 4.92. The average Bonchev–Trinajstić information content (AvgIpc) is 2.36. The number of carbonyl (C=O) groups excluding carboxylic acids is 2. The third-order valence-electron chi connectivity index (χ3n) is 2.15. The molecule has 0 radical (unpaired) electrons. The van der Waals surface area contributed by atoms with Crippen molar-refractivity contribution in [3.05, 3.63) is 35.6 Å². The van der Waals surface area contributed by atoms with Crippen LogP contribution in [0.15, 0.2) is 24.3 Å². The predicted octanol–water partition coefficient (Wildman–Crippen LogP) is 0.0541. The molecule has 3 N–H and O–H groups in total. The number of benzene rings is 1. The van der Waals surface area contributed by atoms with Crippen LogP contribution in [-0.4, -0.2) is 36.6 Å².